The smallest absolute Gasteiger partial charge is 0.338 e. The minimum atomic E-state index is -3.88. The first kappa shape index (κ1) is 20.1. The van der Waals surface area contributed by atoms with E-state index in [1.165, 1.54) is 31.3 Å². The van der Waals surface area contributed by atoms with E-state index in [1.54, 1.807) is 11.8 Å². The van der Waals surface area contributed by atoms with E-state index >= 15 is 0 Å². The number of ether oxygens (including phenoxy) is 1. The number of hydrogen-bond acceptors (Lipinski definition) is 5. The number of hydrogen-bond donors (Lipinski definition) is 0. The molecule has 0 saturated carbocycles. The molecular weight excluding hydrogens is 332 g/mol. The SMILES string of the molecule is CCOC(=O)c1cccc(S(=O)(=O)N(C)CC(=O)N(CC)CC)c1. The molecule has 0 N–H and O–H groups in total. The van der Waals surface area contributed by atoms with Crippen molar-refractivity contribution < 1.29 is 22.7 Å². The zero-order chi connectivity index (χ0) is 18.3. The van der Waals surface area contributed by atoms with E-state index in [4.69, 9.17) is 4.74 Å². The lowest BCUT2D eigenvalue weighted by molar-refractivity contribution is -0.130. The van der Waals surface area contributed by atoms with Crippen molar-refractivity contribution in [1.82, 2.24) is 9.21 Å². The third-order valence-corrected chi connectivity index (χ3v) is 5.33. The van der Waals surface area contributed by atoms with Gasteiger partial charge in [0.2, 0.25) is 15.9 Å². The molecule has 0 spiro atoms. The minimum Gasteiger partial charge on any atom is -0.462 e. The number of carbonyl (C=O) groups is 2. The summed E-state index contributed by atoms with van der Waals surface area (Å²) in [5.41, 5.74) is 0.154. The highest BCUT2D eigenvalue weighted by Crippen LogP contribution is 2.17. The number of amides is 1. The highest BCUT2D eigenvalue weighted by Gasteiger charge is 2.25. The number of benzene rings is 1. The molecule has 0 heterocycles. The average Bonchev–Trinajstić information content (AvgIpc) is 2.56. The topological polar surface area (TPSA) is 84.0 Å². The Kier molecular flexibility index (Phi) is 7.37. The Morgan fingerprint density at radius 1 is 1.12 bits per heavy atom. The summed E-state index contributed by atoms with van der Waals surface area (Å²) in [6.07, 6.45) is 0. The highest BCUT2D eigenvalue weighted by molar-refractivity contribution is 7.89. The fraction of sp³-hybridized carbons (Fsp3) is 0.500. The van der Waals surface area contributed by atoms with Crippen LogP contribution in [-0.2, 0) is 19.6 Å². The molecule has 0 radical (unpaired) electrons. The molecule has 1 aromatic rings. The molecule has 0 aliphatic carbocycles. The van der Waals surface area contributed by atoms with Gasteiger partial charge < -0.3 is 9.64 Å². The van der Waals surface area contributed by atoms with Crippen LogP contribution < -0.4 is 0 Å². The molecule has 8 heteroatoms. The summed E-state index contributed by atoms with van der Waals surface area (Å²) in [5, 5.41) is 0. The second kappa shape index (κ2) is 8.79. The quantitative estimate of drug-likeness (QED) is 0.657. The number of esters is 1. The van der Waals surface area contributed by atoms with E-state index in [1.807, 2.05) is 13.8 Å². The molecule has 134 valence electrons. The fourth-order valence-corrected chi connectivity index (χ4v) is 3.30. The molecule has 0 aromatic heterocycles. The van der Waals surface area contributed by atoms with Gasteiger partial charge in [0, 0.05) is 20.1 Å². The number of rotatable bonds is 8. The van der Waals surface area contributed by atoms with Crippen molar-refractivity contribution in [2.75, 3.05) is 33.3 Å². The van der Waals surface area contributed by atoms with Crippen LogP contribution in [0.4, 0.5) is 0 Å². The van der Waals surface area contributed by atoms with E-state index in [2.05, 4.69) is 0 Å². The van der Waals surface area contributed by atoms with Crippen molar-refractivity contribution in [2.45, 2.75) is 25.7 Å². The van der Waals surface area contributed by atoms with Crippen LogP contribution in [0.1, 0.15) is 31.1 Å². The molecule has 0 bridgehead atoms. The van der Waals surface area contributed by atoms with Crippen LogP contribution in [0.25, 0.3) is 0 Å². The van der Waals surface area contributed by atoms with Gasteiger partial charge in [-0.05, 0) is 39.0 Å². The maximum Gasteiger partial charge on any atom is 0.338 e. The number of carbonyl (C=O) groups excluding carboxylic acids is 2. The molecule has 1 amide bonds. The first-order chi connectivity index (χ1) is 11.3. The van der Waals surface area contributed by atoms with Gasteiger partial charge in [0.15, 0.2) is 0 Å². The Hall–Kier alpha value is -1.93. The molecular formula is C16H24N2O5S. The van der Waals surface area contributed by atoms with E-state index in [-0.39, 0.29) is 29.5 Å². The van der Waals surface area contributed by atoms with E-state index in [0.29, 0.717) is 13.1 Å². The Bertz CT molecular complexity index is 683. The Labute approximate surface area is 143 Å². The summed E-state index contributed by atoms with van der Waals surface area (Å²) in [7, 11) is -2.54. The molecule has 0 aliphatic heterocycles. The maximum absolute atomic E-state index is 12.6. The first-order valence-electron chi connectivity index (χ1n) is 7.79. The van der Waals surface area contributed by atoms with Crippen LogP contribution in [0, 0.1) is 0 Å². The Morgan fingerprint density at radius 2 is 1.75 bits per heavy atom. The molecule has 7 nitrogen and oxygen atoms in total. The lowest BCUT2D eigenvalue weighted by Crippen LogP contribution is -2.41. The summed E-state index contributed by atoms with van der Waals surface area (Å²) in [6.45, 7) is 6.31. The van der Waals surface area contributed by atoms with Gasteiger partial charge in [0.25, 0.3) is 0 Å². The Balaban J connectivity index is 3.01. The largest absolute Gasteiger partial charge is 0.462 e. The van der Waals surface area contributed by atoms with E-state index < -0.39 is 16.0 Å². The molecule has 1 rings (SSSR count). The average molecular weight is 356 g/mol. The van der Waals surface area contributed by atoms with Crippen LogP contribution in [0.5, 0.6) is 0 Å². The zero-order valence-corrected chi connectivity index (χ0v) is 15.3. The van der Waals surface area contributed by atoms with E-state index in [0.717, 1.165) is 4.31 Å². The maximum atomic E-state index is 12.6. The van der Waals surface area contributed by atoms with Gasteiger partial charge >= 0.3 is 5.97 Å². The minimum absolute atomic E-state index is 0.0529. The third-order valence-electron chi connectivity index (χ3n) is 3.53. The number of sulfonamides is 1. The monoisotopic (exact) mass is 356 g/mol. The van der Waals surface area contributed by atoms with Crippen molar-refractivity contribution in [1.29, 1.82) is 0 Å². The van der Waals surface area contributed by atoms with Gasteiger partial charge in [-0.2, -0.15) is 4.31 Å². The van der Waals surface area contributed by atoms with Gasteiger partial charge in [-0.1, -0.05) is 6.07 Å². The second-order valence-corrected chi connectivity index (χ2v) is 7.12. The predicted molar refractivity (Wildman–Crippen MR) is 90.1 cm³/mol. The van der Waals surface area contributed by atoms with Crippen molar-refractivity contribution >= 4 is 21.9 Å². The van der Waals surface area contributed by atoms with Crippen LogP contribution in [-0.4, -0.2) is 62.8 Å². The van der Waals surface area contributed by atoms with Crippen molar-refractivity contribution in [3.8, 4) is 0 Å². The van der Waals surface area contributed by atoms with Crippen LogP contribution >= 0.6 is 0 Å². The van der Waals surface area contributed by atoms with Gasteiger partial charge in [-0.3, -0.25) is 4.79 Å². The van der Waals surface area contributed by atoms with Crippen LogP contribution in [0.2, 0.25) is 0 Å². The number of nitrogens with zero attached hydrogens (tertiary/aromatic N) is 2. The number of likely N-dealkylation sites (N-methyl/N-ethyl adjacent to an activating group) is 2. The molecule has 0 atom stereocenters. The molecule has 0 saturated heterocycles. The van der Waals surface area contributed by atoms with Crippen molar-refractivity contribution in [3.63, 3.8) is 0 Å². The fourth-order valence-electron chi connectivity index (χ4n) is 2.13. The van der Waals surface area contributed by atoms with E-state index in [9.17, 15) is 18.0 Å². The lowest BCUT2D eigenvalue weighted by Gasteiger charge is -2.23. The van der Waals surface area contributed by atoms with Crippen molar-refractivity contribution in [2.24, 2.45) is 0 Å². The second-order valence-electron chi connectivity index (χ2n) is 5.08. The Morgan fingerprint density at radius 3 is 2.29 bits per heavy atom. The van der Waals surface area contributed by atoms with Gasteiger partial charge in [0.05, 0.1) is 23.6 Å². The van der Waals surface area contributed by atoms with Gasteiger partial charge in [-0.25, -0.2) is 13.2 Å². The summed E-state index contributed by atoms with van der Waals surface area (Å²) in [5.74, 6) is -0.857. The normalized spacial score (nSPS) is 11.4. The first-order valence-corrected chi connectivity index (χ1v) is 9.23. The lowest BCUT2D eigenvalue weighted by atomic mass is 10.2. The van der Waals surface area contributed by atoms with Gasteiger partial charge in [-0.15, -0.1) is 0 Å². The standard InChI is InChI=1S/C16H24N2O5S/c1-5-18(6-2)15(19)12-17(4)24(21,22)14-10-8-9-13(11-14)16(20)23-7-3/h8-11H,5-7,12H2,1-4H3. The van der Waals surface area contributed by atoms with Crippen molar-refractivity contribution in [3.05, 3.63) is 29.8 Å². The molecule has 0 unspecified atom stereocenters. The summed E-state index contributed by atoms with van der Waals surface area (Å²) in [4.78, 5) is 25.4. The van der Waals surface area contributed by atoms with Crippen LogP contribution in [0.15, 0.2) is 29.2 Å². The molecule has 24 heavy (non-hydrogen) atoms. The van der Waals surface area contributed by atoms with Gasteiger partial charge in [0.1, 0.15) is 0 Å². The predicted octanol–water partition coefficient (Wildman–Crippen LogP) is 1.35. The zero-order valence-electron chi connectivity index (χ0n) is 14.5. The molecule has 0 fully saturated rings. The third kappa shape index (κ3) is 4.78. The summed E-state index contributed by atoms with van der Waals surface area (Å²) in [6, 6.07) is 5.60. The summed E-state index contributed by atoms with van der Waals surface area (Å²) < 4.78 is 31.1. The molecule has 0 aliphatic rings. The summed E-state index contributed by atoms with van der Waals surface area (Å²) >= 11 is 0. The highest BCUT2D eigenvalue weighted by atomic mass is 32.2. The van der Waals surface area contributed by atoms with Crippen LogP contribution in [0.3, 0.4) is 0 Å². The molecule has 1 aromatic carbocycles.